The van der Waals surface area contributed by atoms with E-state index in [1.165, 1.54) is 12.1 Å². The average molecular weight is 265 g/mol. The lowest BCUT2D eigenvalue weighted by molar-refractivity contribution is -0.384. The van der Waals surface area contributed by atoms with Crippen LogP contribution >= 0.6 is 11.6 Å². The zero-order valence-electron chi connectivity index (χ0n) is 9.42. The Labute approximate surface area is 108 Å². The lowest BCUT2D eigenvalue weighted by atomic mass is 10.1. The summed E-state index contributed by atoms with van der Waals surface area (Å²) in [5, 5.41) is 21.6. The summed E-state index contributed by atoms with van der Waals surface area (Å²) in [4.78, 5) is 10.3. The minimum absolute atomic E-state index is 0.101. The van der Waals surface area contributed by atoms with E-state index in [1.807, 2.05) is 0 Å². The quantitative estimate of drug-likeness (QED) is 0.681. The minimum Gasteiger partial charge on any atom is -0.372 e. The molecule has 2 rings (SSSR count). The predicted octanol–water partition coefficient (Wildman–Crippen LogP) is 2.75. The van der Waals surface area contributed by atoms with Gasteiger partial charge in [-0.25, -0.2) is 0 Å². The van der Waals surface area contributed by atoms with Gasteiger partial charge in [0.1, 0.15) is 10.8 Å². The molecule has 18 heavy (non-hydrogen) atoms. The highest BCUT2D eigenvalue weighted by atomic mass is 35.5. The number of hydrogen-bond donors (Lipinski definition) is 1. The number of aromatic nitrogens is 2. The fraction of sp³-hybridized carbons (Fsp3) is 0.0909. The van der Waals surface area contributed by atoms with Gasteiger partial charge in [-0.1, -0.05) is 17.7 Å². The molecule has 2 aromatic rings. The molecule has 6 nitrogen and oxygen atoms in total. The van der Waals surface area contributed by atoms with Gasteiger partial charge in [-0.05, 0) is 18.2 Å². The Bertz CT molecular complexity index is 586. The molecule has 0 amide bonds. The van der Waals surface area contributed by atoms with E-state index in [4.69, 9.17) is 11.6 Å². The Morgan fingerprint density at radius 2 is 2.06 bits per heavy atom. The van der Waals surface area contributed by atoms with Gasteiger partial charge in [0.2, 0.25) is 0 Å². The summed E-state index contributed by atoms with van der Waals surface area (Å²) in [5.41, 5.74) is 1.00. The van der Waals surface area contributed by atoms with E-state index in [9.17, 15) is 10.1 Å². The first-order valence-electron chi connectivity index (χ1n) is 5.07. The lowest BCUT2D eigenvalue weighted by Crippen LogP contribution is -1.96. The van der Waals surface area contributed by atoms with Gasteiger partial charge >= 0.3 is 0 Å². The SMILES string of the molecule is CNc1ccc(-c2ccc(Cl)c([N+](=O)[O-])c2)nn1. The summed E-state index contributed by atoms with van der Waals surface area (Å²) in [5.74, 6) is 0.627. The molecule has 0 aliphatic carbocycles. The van der Waals surface area contributed by atoms with Crippen molar-refractivity contribution in [3.63, 3.8) is 0 Å². The third-order valence-corrected chi connectivity index (χ3v) is 2.68. The molecule has 0 aliphatic heterocycles. The fourth-order valence-electron chi connectivity index (χ4n) is 1.43. The van der Waals surface area contributed by atoms with Crippen molar-refractivity contribution in [2.45, 2.75) is 0 Å². The maximum Gasteiger partial charge on any atom is 0.288 e. The highest BCUT2D eigenvalue weighted by molar-refractivity contribution is 6.32. The van der Waals surface area contributed by atoms with Crippen LogP contribution in [-0.2, 0) is 0 Å². The molecule has 7 heteroatoms. The van der Waals surface area contributed by atoms with Crippen LogP contribution in [0.3, 0.4) is 0 Å². The molecular weight excluding hydrogens is 256 g/mol. The minimum atomic E-state index is -0.527. The summed E-state index contributed by atoms with van der Waals surface area (Å²) in [6.07, 6.45) is 0. The maximum absolute atomic E-state index is 10.8. The predicted molar refractivity (Wildman–Crippen MR) is 68.7 cm³/mol. The number of anilines is 1. The molecule has 1 aromatic heterocycles. The van der Waals surface area contributed by atoms with Crippen LogP contribution in [-0.4, -0.2) is 22.2 Å². The van der Waals surface area contributed by atoms with E-state index in [2.05, 4.69) is 15.5 Å². The number of benzene rings is 1. The summed E-state index contributed by atoms with van der Waals surface area (Å²) in [6.45, 7) is 0. The van der Waals surface area contributed by atoms with Crippen LogP contribution in [0.5, 0.6) is 0 Å². The first kappa shape index (κ1) is 12.3. The number of rotatable bonds is 3. The molecule has 0 atom stereocenters. The van der Waals surface area contributed by atoms with Crippen molar-refractivity contribution in [3.05, 3.63) is 45.5 Å². The molecule has 0 spiro atoms. The molecule has 0 radical (unpaired) electrons. The average Bonchev–Trinajstić information content (AvgIpc) is 2.39. The zero-order chi connectivity index (χ0) is 13.1. The van der Waals surface area contributed by atoms with Crippen LogP contribution < -0.4 is 5.32 Å². The largest absolute Gasteiger partial charge is 0.372 e. The molecule has 1 N–H and O–H groups in total. The van der Waals surface area contributed by atoms with E-state index in [0.29, 0.717) is 17.1 Å². The second kappa shape index (κ2) is 4.97. The van der Waals surface area contributed by atoms with Gasteiger partial charge < -0.3 is 5.32 Å². The monoisotopic (exact) mass is 264 g/mol. The van der Waals surface area contributed by atoms with E-state index >= 15 is 0 Å². The Morgan fingerprint density at radius 3 is 2.61 bits per heavy atom. The topological polar surface area (TPSA) is 81.0 Å². The molecule has 0 saturated heterocycles. The van der Waals surface area contributed by atoms with Crippen LogP contribution in [0.2, 0.25) is 5.02 Å². The second-order valence-electron chi connectivity index (χ2n) is 3.48. The third-order valence-electron chi connectivity index (χ3n) is 2.36. The summed E-state index contributed by atoms with van der Waals surface area (Å²) >= 11 is 5.74. The van der Waals surface area contributed by atoms with Gasteiger partial charge in [0.15, 0.2) is 0 Å². The maximum atomic E-state index is 10.8. The Kier molecular flexibility index (Phi) is 3.38. The third kappa shape index (κ3) is 2.38. The second-order valence-corrected chi connectivity index (χ2v) is 3.88. The highest BCUT2D eigenvalue weighted by Crippen LogP contribution is 2.29. The van der Waals surface area contributed by atoms with Gasteiger partial charge in [0.25, 0.3) is 5.69 Å². The molecule has 1 aromatic carbocycles. The van der Waals surface area contributed by atoms with Crippen molar-refractivity contribution in [1.29, 1.82) is 0 Å². The van der Waals surface area contributed by atoms with E-state index in [1.54, 1.807) is 25.2 Å². The van der Waals surface area contributed by atoms with Gasteiger partial charge in [0, 0.05) is 18.7 Å². The molecule has 92 valence electrons. The van der Waals surface area contributed by atoms with E-state index in [0.717, 1.165) is 0 Å². The number of hydrogen-bond acceptors (Lipinski definition) is 5. The van der Waals surface area contributed by atoms with Crippen molar-refractivity contribution >= 4 is 23.1 Å². The van der Waals surface area contributed by atoms with Crippen LogP contribution in [0.1, 0.15) is 0 Å². The molecule has 0 aliphatic rings. The van der Waals surface area contributed by atoms with Crippen molar-refractivity contribution in [1.82, 2.24) is 10.2 Å². The van der Waals surface area contributed by atoms with Crippen LogP contribution in [0.25, 0.3) is 11.3 Å². The first-order chi connectivity index (χ1) is 8.61. The molecule has 0 fully saturated rings. The van der Waals surface area contributed by atoms with Gasteiger partial charge in [-0.15, -0.1) is 10.2 Å². The standard InChI is InChI=1S/C11H9ClN4O2/c1-13-11-5-4-9(14-15-11)7-2-3-8(12)10(6-7)16(17)18/h2-6H,1H3,(H,13,15). The number of halogens is 1. The van der Waals surface area contributed by atoms with Crippen molar-refractivity contribution < 1.29 is 4.92 Å². The lowest BCUT2D eigenvalue weighted by Gasteiger charge is -2.02. The normalized spacial score (nSPS) is 10.1. The Morgan fingerprint density at radius 1 is 1.28 bits per heavy atom. The first-order valence-corrected chi connectivity index (χ1v) is 5.45. The number of nitrogens with zero attached hydrogens (tertiary/aromatic N) is 3. The van der Waals surface area contributed by atoms with E-state index < -0.39 is 4.92 Å². The van der Waals surface area contributed by atoms with Crippen molar-refractivity contribution in [2.24, 2.45) is 0 Å². The molecule has 0 unspecified atom stereocenters. The molecule has 1 heterocycles. The Hall–Kier alpha value is -2.21. The van der Waals surface area contributed by atoms with Crippen molar-refractivity contribution in [3.8, 4) is 11.3 Å². The zero-order valence-corrected chi connectivity index (χ0v) is 10.2. The number of nitrogens with one attached hydrogen (secondary N) is 1. The Balaban J connectivity index is 2.44. The molecular formula is C11H9ClN4O2. The highest BCUT2D eigenvalue weighted by Gasteiger charge is 2.14. The van der Waals surface area contributed by atoms with Gasteiger partial charge in [-0.2, -0.15) is 0 Å². The van der Waals surface area contributed by atoms with Gasteiger partial charge in [0.05, 0.1) is 10.6 Å². The summed E-state index contributed by atoms with van der Waals surface area (Å²) in [7, 11) is 1.73. The summed E-state index contributed by atoms with van der Waals surface area (Å²) < 4.78 is 0. The number of nitro benzene ring substituents is 1. The fourth-order valence-corrected chi connectivity index (χ4v) is 1.62. The molecule has 0 bridgehead atoms. The molecule has 0 saturated carbocycles. The van der Waals surface area contributed by atoms with Crippen molar-refractivity contribution in [2.75, 3.05) is 12.4 Å². The smallest absolute Gasteiger partial charge is 0.288 e. The van der Waals surface area contributed by atoms with Crippen LogP contribution in [0.4, 0.5) is 11.5 Å². The van der Waals surface area contributed by atoms with Crippen LogP contribution in [0, 0.1) is 10.1 Å². The summed E-state index contributed by atoms with van der Waals surface area (Å²) in [6, 6.07) is 7.99. The van der Waals surface area contributed by atoms with Crippen LogP contribution in [0.15, 0.2) is 30.3 Å². The van der Waals surface area contributed by atoms with Gasteiger partial charge in [-0.3, -0.25) is 10.1 Å². The number of nitro groups is 1. The van der Waals surface area contributed by atoms with E-state index in [-0.39, 0.29) is 10.7 Å².